The predicted molar refractivity (Wildman–Crippen MR) is 79.6 cm³/mol. The summed E-state index contributed by atoms with van der Waals surface area (Å²) < 4.78 is 14.7. The van der Waals surface area contributed by atoms with E-state index in [1.807, 2.05) is 4.57 Å². The molecule has 0 spiro atoms. The highest BCUT2D eigenvalue weighted by Gasteiger charge is 2.23. The van der Waals surface area contributed by atoms with Crippen molar-refractivity contribution in [1.82, 2.24) is 20.2 Å². The summed E-state index contributed by atoms with van der Waals surface area (Å²) in [6.45, 7) is 2.64. The molecule has 22 heavy (non-hydrogen) atoms. The Bertz CT molecular complexity index is 597. The Balaban J connectivity index is 1.76. The van der Waals surface area contributed by atoms with Crippen LogP contribution in [-0.4, -0.2) is 33.8 Å². The summed E-state index contributed by atoms with van der Waals surface area (Å²) in [6.07, 6.45) is 5.14. The number of hydrogen-bond acceptors (Lipinski definition) is 3. The summed E-state index contributed by atoms with van der Waals surface area (Å²) in [6, 6.07) is 5.16. The first-order chi connectivity index (χ1) is 10.5. The molecule has 2 aromatic rings. The van der Waals surface area contributed by atoms with Crippen molar-refractivity contribution in [3.8, 4) is 0 Å². The van der Waals surface area contributed by atoms with Crippen LogP contribution in [-0.2, 0) is 12.1 Å². The highest BCUT2D eigenvalue weighted by Crippen LogP contribution is 2.19. The monoisotopic (exact) mass is 306 g/mol. The fourth-order valence-electron chi connectivity index (χ4n) is 1.94. The van der Waals surface area contributed by atoms with Gasteiger partial charge in [-0.15, -0.1) is 0 Å². The lowest BCUT2D eigenvalue weighted by Crippen LogP contribution is -2.44. The van der Waals surface area contributed by atoms with E-state index >= 15 is 0 Å². The second-order valence-corrected chi connectivity index (χ2v) is 5.19. The molecule has 0 saturated heterocycles. The largest absolute Gasteiger partial charge is 0.384 e. The molecule has 2 rings (SSSR count). The predicted octanol–water partition coefficient (Wildman–Crippen LogP) is 1.23. The lowest BCUT2D eigenvalue weighted by molar-refractivity contribution is 0.0593. The number of aromatic nitrogens is 2. The van der Waals surface area contributed by atoms with Crippen LogP contribution in [0.3, 0.4) is 0 Å². The second kappa shape index (κ2) is 7.04. The molecule has 118 valence electrons. The quantitative estimate of drug-likeness (QED) is 0.751. The van der Waals surface area contributed by atoms with Gasteiger partial charge in [0, 0.05) is 25.5 Å². The fourth-order valence-corrected chi connectivity index (χ4v) is 1.94. The Morgan fingerprint density at radius 1 is 1.36 bits per heavy atom. The maximum atomic E-state index is 12.9. The van der Waals surface area contributed by atoms with Crippen molar-refractivity contribution < 1.29 is 14.3 Å². The number of nitrogens with zero attached hydrogens (tertiary/aromatic N) is 2. The van der Waals surface area contributed by atoms with Crippen molar-refractivity contribution in [3.63, 3.8) is 0 Å². The third-order valence-electron chi connectivity index (χ3n) is 3.27. The lowest BCUT2D eigenvalue weighted by atomic mass is 9.96. The summed E-state index contributed by atoms with van der Waals surface area (Å²) in [5, 5.41) is 15.6. The van der Waals surface area contributed by atoms with Crippen molar-refractivity contribution >= 4 is 6.03 Å². The summed E-state index contributed by atoms with van der Waals surface area (Å²) in [5.74, 6) is -0.371. The van der Waals surface area contributed by atoms with Crippen LogP contribution in [0.25, 0.3) is 0 Å². The number of rotatable bonds is 6. The molecule has 2 amide bonds. The third-order valence-corrected chi connectivity index (χ3v) is 3.27. The molecule has 0 radical (unpaired) electrons. The standard InChI is InChI=1S/C15H19FN4O2/c1-15(22,12-2-4-13(16)5-3-12)10-19-14(21)18-7-9-20-8-6-17-11-20/h2-6,8,11,22H,7,9-10H2,1H3,(H2,18,19,21). The average Bonchev–Trinajstić information content (AvgIpc) is 2.99. The number of carbonyl (C=O) groups is 1. The maximum absolute atomic E-state index is 12.9. The number of hydrogen-bond donors (Lipinski definition) is 3. The van der Waals surface area contributed by atoms with E-state index in [9.17, 15) is 14.3 Å². The van der Waals surface area contributed by atoms with Gasteiger partial charge < -0.3 is 20.3 Å². The van der Waals surface area contributed by atoms with Gasteiger partial charge in [-0.2, -0.15) is 0 Å². The first-order valence-corrected chi connectivity index (χ1v) is 6.93. The van der Waals surface area contributed by atoms with E-state index in [1.54, 1.807) is 25.6 Å². The molecule has 6 nitrogen and oxygen atoms in total. The Morgan fingerprint density at radius 3 is 2.73 bits per heavy atom. The van der Waals surface area contributed by atoms with Crippen LogP contribution in [0.4, 0.5) is 9.18 Å². The second-order valence-electron chi connectivity index (χ2n) is 5.19. The number of amides is 2. The molecular weight excluding hydrogens is 287 g/mol. The van der Waals surface area contributed by atoms with Crippen LogP contribution in [0.15, 0.2) is 43.0 Å². The minimum atomic E-state index is -1.27. The number of carbonyl (C=O) groups excluding carboxylic acids is 1. The number of urea groups is 1. The molecule has 1 aromatic carbocycles. The zero-order valence-corrected chi connectivity index (χ0v) is 12.3. The lowest BCUT2D eigenvalue weighted by Gasteiger charge is -2.24. The minimum Gasteiger partial charge on any atom is -0.384 e. The fraction of sp³-hybridized carbons (Fsp3) is 0.333. The van der Waals surface area contributed by atoms with E-state index < -0.39 is 5.60 Å². The van der Waals surface area contributed by atoms with E-state index in [0.29, 0.717) is 18.7 Å². The van der Waals surface area contributed by atoms with E-state index in [2.05, 4.69) is 15.6 Å². The third kappa shape index (κ3) is 4.56. The van der Waals surface area contributed by atoms with Crippen LogP contribution >= 0.6 is 0 Å². The van der Waals surface area contributed by atoms with Gasteiger partial charge in [0.15, 0.2) is 0 Å². The zero-order valence-electron chi connectivity index (χ0n) is 12.3. The van der Waals surface area contributed by atoms with Crippen molar-refractivity contribution in [2.75, 3.05) is 13.1 Å². The molecular formula is C15H19FN4O2. The molecule has 0 aliphatic carbocycles. The van der Waals surface area contributed by atoms with Crippen LogP contribution in [0.2, 0.25) is 0 Å². The highest BCUT2D eigenvalue weighted by atomic mass is 19.1. The topological polar surface area (TPSA) is 79.2 Å². The molecule has 0 aliphatic rings. The number of halogens is 1. The normalized spacial score (nSPS) is 13.4. The summed E-state index contributed by atoms with van der Waals surface area (Å²) >= 11 is 0. The van der Waals surface area contributed by atoms with E-state index in [1.165, 1.54) is 24.3 Å². The van der Waals surface area contributed by atoms with Gasteiger partial charge in [0.1, 0.15) is 11.4 Å². The average molecular weight is 306 g/mol. The summed E-state index contributed by atoms with van der Waals surface area (Å²) in [7, 11) is 0. The first kappa shape index (κ1) is 16.0. The number of imidazole rings is 1. The van der Waals surface area contributed by atoms with Gasteiger partial charge in [-0.1, -0.05) is 12.1 Å². The van der Waals surface area contributed by atoms with Gasteiger partial charge in [-0.25, -0.2) is 14.2 Å². The molecule has 1 aromatic heterocycles. The van der Waals surface area contributed by atoms with Gasteiger partial charge in [-0.05, 0) is 24.6 Å². The Morgan fingerprint density at radius 2 is 2.09 bits per heavy atom. The molecule has 0 saturated carbocycles. The Hall–Kier alpha value is -2.41. The SMILES string of the molecule is CC(O)(CNC(=O)NCCn1ccnc1)c1ccc(F)cc1. The number of aliphatic hydroxyl groups is 1. The zero-order chi connectivity index (χ0) is 16.0. The van der Waals surface area contributed by atoms with Crippen LogP contribution in [0, 0.1) is 5.82 Å². The van der Waals surface area contributed by atoms with E-state index in [4.69, 9.17) is 0 Å². The van der Waals surface area contributed by atoms with Gasteiger partial charge in [0.25, 0.3) is 0 Å². The molecule has 3 N–H and O–H groups in total. The molecule has 1 heterocycles. The maximum Gasteiger partial charge on any atom is 0.314 e. The van der Waals surface area contributed by atoms with Crippen molar-refractivity contribution in [1.29, 1.82) is 0 Å². The van der Waals surface area contributed by atoms with Gasteiger partial charge in [0.2, 0.25) is 0 Å². The summed E-state index contributed by atoms with van der Waals surface area (Å²) in [5.41, 5.74) is -0.734. The van der Waals surface area contributed by atoms with Crippen LogP contribution in [0.5, 0.6) is 0 Å². The summed E-state index contributed by atoms with van der Waals surface area (Å²) in [4.78, 5) is 15.6. The van der Waals surface area contributed by atoms with Crippen molar-refractivity contribution in [2.24, 2.45) is 0 Å². The molecule has 1 unspecified atom stereocenters. The molecule has 0 bridgehead atoms. The van der Waals surface area contributed by atoms with Gasteiger partial charge in [-0.3, -0.25) is 0 Å². The van der Waals surface area contributed by atoms with Crippen LogP contribution in [0.1, 0.15) is 12.5 Å². The molecule has 0 aliphatic heterocycles. The minimum absolute atomic E-state index is 0.0234. The number of nitrogens with one attached hydrogen (secondary N) is 2. The van der Waals surface area contributed by atoms with E-state index in [0.717, 1.165) is 0 Å². The Kier molecular flexibility index (Phi) is 5.11. The van der Waals surface area contributed by atoms with Gasteiger partial charge >= 0.3 is 6.03 Å². The van der Waals surface area contributed by atoms with Crippen molar-refractivity contribution in [2.45, 2.75) is 19.1 Å². The Labute approximate surface area is 128 Å². The number of benzene rings is 1. The first-order valence-electron chi connectivity index (χ1n) is 6.93. The highest BCUT2D eigenvalue weighted by molar-refractivity contribution is 5.73. The smallest absolute Gasteiger partial charge is 0.314 e. The molecule has 0 fully saturated rings. The van der Waals surface area contributed by atoms with Crippen molar-refractivity contribution in [3.05, 3.63) is 54.4 Å². The molecule has 1 atom stereocenters. The van der Waals surface area contributed by atoms with Crippen LogP contribution < -0.4 is 10.6 Å². The molecule has 7 heteroatoms. The van der Waals surface area contributed by atoms with Gasteiger partial charge in [0.05, 0.1) is 12.9 Å². The van der Waals surface area contributed by atoms with E-state index in [-0.39, 0.29) is 18.4 Å².